The second kappa shape index (κ2) is 7.36. The molecule has 0 amide bonds. The first-order valence-electron chi connectivity index (χ1n) is 7.52. The maximum Gasteiger partial charge on any atom is 0.339 e. The Morgan fingerprint density at radius 1 is 1.29 bits per heavy atom. The van der Waals surface area contributed by atoms with Crippen LogP contribution in [-0.4, -0.2) is 40.5 Å². The number of carboxylic acids is 1. The number of hydrogen-bond acceptors (Lipinski definition) is 5. The number of ether oxygens (including phenoxy) is 1. The molecule has 0 aromatic carbocycles. The van der Waals surface area contributed by atoms with Crippen LogP contribution < -0.4 is 5.32 Å². The van der Waals surface area contributed by atoms with Crippen molar-refractivity contribution in [3.8, 4) is 0 Å². The molecule has 1 heterocycles. The van der Waals surface area contributed by atoms with Crippen molar-refractivity contribution in [2.24, 2.45) is 0 Å². The van der Waals surface area contributed by atoms with Crippen molar-refractivity contribution >= 4 is 11.8 Å². The smallest absolute Gasteiger partial charge is 0.339 e. The van der Waals surface area contributed by atoms with Crippen molar-refractivity contribution in [3.63, 3.8) is 0 Å². The summed E-state index contributed by atoms with van der Waals surface area (Å²) in [4.78, 5) is 11.3. The van der Waals surface area contributed by atoms with E-state index >= 15 is 0 Å². The maximum atomic E-state index is 11.3. The van der Waals surface area contributed by atoms with Gasteiger partial charge in [-0.15, -0.1) is 5.10 Å². The third-order valence-electron chi connectivity index (χ3n) is 3.97. The molecule has 0 atom stereocenters. The number of carbonyl (C=O) groups is 1. The van der Waals surface area contributed by atoms with Gasteiger partial charge in [-0.25, -0.2) is 4.79 Å². The highest BCUT2D eigenvalue weighted by Crippen LogP contribution is 2.20. The lowest BCUT2D eigenvalue weighted by Crippen LogP contribution is -2.22. The van der Waals surface area contributed by atoms with Gasteiger partial charge in [0.15, 0.2) is 5.82 Å². The van der Waals surface area contributed by atoms with Gasteiger partial charge in [0, 0.05) is 6.54 Å². The lowest BCUT2D eigenvalue weighted by Gasteiger charge is -2.22. The monoisotopic (exact) mass is 293 g/mol. The van der Waals surface area contributed by atoms with Crippen LogP contribution in [0.5, 0.6) is 0 Å². The zero-order valence-electron chi connectivity index (χ0n) is 12.7. The first-order chi connectivity index (χ1) is 10.1. The molecule has 0 unspecified atom stereocenters. The number of nitrogens with zero attached hydrogens (tertiary/aromatic N) is 2. The third kappa shape index (κ3) is 4.14. The summed E-state index contributed by atoms with van der Waals surface area (Å²) >= 11 is 0. The van der Waals surface area contributed by atoms with E-state index in [0.29, 0.717) is 36.3 Å². The van der Waals surface area contributed by atoms with Crippen LogP contribution in [0, 0.1) is 13.8 Å². The summed E-state index contributed by atoms with van der Waals surface area (Å²) in [6.45, 7) is 4.59. The summed E-state index contributed by atoms with van der Waals surface area (Å²) in [5.74, 6) is -0.668. The van der Waals surface area contributed by atoms with Gasteiger partial charge in [0.05, 0.1) is 18.4 Å². The van der Waals surface area contributed by atoms with E-state index in [2.05, 4.69) is 15.5 Å². The molecule has 0 spiro atoms. The van der Waals surface area contributed by atoms with Crippen molar-refractivity contribution < 1.29 is 14.6 Å². The third-order valence-corrected chi connectivity index (χ3v) is 3.97. The van der Waals surface area contributed by atoms with E-state index in [-0.39, 0.29) is 5.56 Å². The Balaban J connectivity index is 1.88. The summed E-state index contributed by atoms with van der Waals surface area (Å²) in [5, 5.41) is 20.2. The van der Waals surface area contributed by atoms with Gasteiger partial charge in [-0.05, 0) is 32.3 Å². The molecular formula is C15H23N3O3. The predicted octanol–water partition coefficient (Wildman–Crippen LogP) is 2.55. The fraction of sp³-hybridized carbons (Fsp3) is 0.667. The topological polar surface area (TPSA) is 84.3 Å². The second-order valence-corrected chi connectivity index (χ2v) is 5.50. The van der Waals surface area contributed by atoms with Gasteiger partial charge in [0.2, 0.25) is 0 Å². The normalized spacial score (nSPS) is 15.9. The lowest BCUT2D eigenvalue weighted by molar-refractivity contribution is 0.0347. The van der Waals surface area contributed by atoms with E-state index in [9.17, 15) is 9.90 Å². The van der Waals surface area contributed by atoms with Gasteiger partial charge in [0.25, 0.3) is 0 Å². The predicted molar refractivity (Wildman–Crippen MR) is 79.8 cm³/mol. The fourth-order valence-corrected chi connectivity index (χ4v) is 2.62. The van der Waals surface area contributed by atoms with Crippen LogP contribution in [0.25, 0.3) is 0 Å². The molecule has 2 rings (SSSR count). The minimum Gasteiger partial charge on any atom is -0.478 e. The van der Waals surface area contributed by atoms with Gasteiger partial charge < -0.3 is 15.2 Å². The summed E-state index contributed by atoms with van der Waals surface area (Å²) in [6, 6.07) is 0. The highest BCUT2D eigenvalue weighted by molar-refractivity contribution is 5.94. The Hall–Kier alpha value is -1.69. The number of carboxylic acid groups (broad SMARTS) is 1. The summed E-state index contributed by atoms with van der Waals surface area (Å²) in [7, 11) is 0. The molecule has 6 heteroatoms. The highest BCUT2D eigenvalue weighted by atomic mass is 16.5. The zero-order valence-corrected chi connectivity index (χ0v) is 12.7. The number of anilines is 1. The van der Waals surface area contributed by atoms with Crippen LogP contribution in [0.4, 0.5) is 5.82 Å². The van der Waals surface area contributed by atoms with Gasteiger partial charge in [-0.3, -0.25) is 0 Å². The van der Waals surface area contributed by atoms with E-state index in [0.717, 1.165) is 12.8 Å². The van der Waals surface area contributed by atoms with E-state index in [1.807, 2.05) is 0 Å². The Bertz CT molecular complexity index is 499. The zero-order chi connectivity index (χ0) is 15.2. The van der Waals surface area contributed by atoms with Crippen LogP contribution in [0.3, 0.4) is 0 Å². The highest BCUT2D eigenvalue weighted by Gasteiger charge is 2.18. The van der Waals surface area contributed by atoms with Crippen LogP contribution in [0.15, 0.2) is 0 Å². The molecular weight excluding hydrogens is 270 g/mol. The van der Waals surface area contributed by atoms with Crippen LogP contribution in [-0.2, 0) is 4.74 Å². The van der Waals surface area contributed by atoms with E-state index < -0.39 is 5.97 Å². The molecule has 0 bridgehead atoms. The molecule has 21 heavy (non-hydrogen) atoms. The van der Waals surface area contributed by atoms with E-state index in [1.54, 1.807) is 13.8 Å². The van der Waals surface area contributed by atoms with Crippen LogP contribution >= 0.6 is 0 Å². The van der Waals surface area contributed by atoms with Gasteiger partial charge >= 0.3 is 5.97 Å². The number of rotatable bonds is 6. The number of nitrogens with one attached hydrogen (secondary N) is 1. The Kier molecular flexibility index (Phi) is 5.50. The average Bonchev–Trinajstić information content (AvgIpc) is 2.48. The molecule has 0 saturated heterocycles. The maximum absolute atomic E-state index is 11.3. The van der Waals surface area contributed by atoms with Crippen molar-refractivity contribution in [2.75, 3.05) is 18.5 Å². The molecule has 0 radical (unpaired) electrons. The lowest BCUT2D eigenvalue weighted by atomic mass is 9.98. The quantitative estimate of drug-likeness (QED) is 0.784. The Morgan fingerprint density at radius 3 is 2.67 bits per heavy atom. The molecule has 1 aliphatic rings. The fourth-order valence-electron chi connectivity index (χ4n) is 2.62. The average molecular weight is 293 g/mol. The molecule has 1 saturated carbocycles. The first kappa shape index (κ1) is 15.7. The van der Waals surface area contributed by atoms with E-state index in [4.69, 9.17) is 4.74 Å². The van der Waals surface area contributed by atoms with Crippen LogP contribution in [0.2, 0.25) is 0 Å². The van der Waals surface area contributed by atoms with Gasteiger partial charge in [0.1, 0.15) is 5.56 Å². The van der Waals surface area contributed by atoms with E-state index in [1.165, 1.54) is 19.3 Å². The summed E-state index contributed by atoms with van der Waals surface area (Å²) in [5.41, 5.74) is 1.48. The molecule has 1 fully saturated rings. The molecule has 6 nitrogen and oxygen atoms in total. The Morgan fingerprint density at radius 2 is 2.00 bits per heavy atom. The van der Waals surface area contributed by atoms with Gasteiger partial charge in [-0.1, -0.05) is 19.3 Å². The molecule has 1 aromatic rings. The largest absolute Gasteiger partial charge is 0.478 e. The number of aromatic carboxylic acids is 1. The molecule has 1 aromatic heterocycles. The SMILES string of the molecule is Cc1nnc(NCCOC2CCCCC2)c(C(=O)O)c1C. The minimum atomic E-state index is -0.985. The van der Waals surface area contributed by atoms with Gasteiger partial charge in [-0.2, -0.15) is 5.10 Å². The Labute approximate surface area is 124 Å². The van der Waals surface area contributed by atoms with Crippen LogP contribution in [0.1, 0.15) is 53.7 Å². The number of aryl methyl sites for hydroxylation is 1. The summed E-state index contributed by atoms with van der Waals surface area (Å²) < 4.78 is 5.80. The van der Waals surface area contributed by atoms with Crippen molar-refractivity contribution in [1.82, 2.24) is 10.2 Å². The van der Waals surface area contributed by atoms with Crippen molar-refractivity contribution in [2.45, 2.75) is 52.1 Å². The molecule has 0 aliphatic heterocycles. The number of aromatic nitrogens is 2. The first-order valence-corrected chi connectivity index (χ1v) is 7.52. The number of hydrogen-bond donors (Lipinski definition) is 2. The second-order valence-electron chi connectivity index (χ2n) is 5.50. The molecule has 1 aliphatic carbocycles. The molecule has 2 N–H and O–H groups in total. The summed E-state index contributed by atoms with van der Waals surface area (Å²) in [6.07, 6.45) is 6.39. The molecule has 116 valence electrons. The van der Waals surface area contributed by atoms with Crippen molar-refractivity contribution in [1.29, 1.82) is 0 Å². The van der Waals surface area contributed by atoms with Crippen molar-refractivity contribution in [3.05, 3.63) is 16.8 Å². The minimum absolute atomic E-state index is 0.195. The standard InChI is InChI=1S/C15H23N3O3/c1-10-11(2)17-18-14(13(10)15(19)20)16-8-9-21-12-6-4-3-5-7-12/h12H,3-9H2,1-2H3,(H,16,18)(H,19,20).